The first-order valence-electron chi connectivity index (χ1n) is 6.47. The van der Waals surface area contributed by atoms with Gasteiger partial charge < -0.3 is 10.2 Å². The van der Waals surface area contributed by atoms with Gasteiger partial charge in [0, 0.05) is 12.4 Å². The van der Waals surface area contributed by atoms with Gasteiger partial charge in [0.2, 0.25) is 0 Å². The third-order valence-corrected chi connectivity index (χ3v) is 3.25. The summed E-state index contributed by atoms with van der Waals surface area (Å²) >= 11 is 0. The number of carboxylic acid groups (broad SMARTS) is 1. The molecule has 0 aliphatic carbocycles. The molecule has 0 aromatic carbocycles. The fraction of sp³-hybridized carbons (Fsp3) is 0.357. The molecule has 2 aromatic heterocycles. The molecule has 0 aliphatic rings. The van der Waals surface area contributed by atoms with E-state index in [1.165, 1.54) is 20.2 Å². The van der Waals surface area contributed by atoms with Crippen molar-refractivity contribution in [3.05, 3.63) is 29.6 Å². The van der Waals surface area contributed by atoms with Crippen LogP contribution < -0.4 is 0 Å². The van der Waals surface area contributed by atoms with E-state index in [1.54, 1.807) is 26.0 Å². The van der Waals surface area contributed by atoms with Gasteiger partial charge in [-0.3, -0.25) is 9.63 Å². The van der Waals surface area contributed by atoms with Gasteiger partial charge in [0.1, 0.15) is 11.3 Å². The largest absolute Gasteiger partial charge is 0.464 e. The molecular formula is C14H17N3O5. The van der Waals surface area contributed by atoms with E-state index in [2.05, 4.69) is 4.98 Å². The SMILES string of the molecule is CON(C)C(=O)c1cc2ccc(C(C)(C)O)nc2n1C(=O)O. The molecule has 2 N–H and O–H groups in total. The maximum Gasteiger partial charge on any atom is 0.417 e. The van der Waals surface area contributed by atoms with Crippen LogP contribution in [0.3, 0.4) is 0 Å². The van der Waals surface area contributed by atoms with Crippen molar-refractivity contribution in [1.82, 2.24) is 14.6 Å². The van der Waals surface area contributed by atoms with Crippen molar-refractivity contribution in [2.45, 2.75) is 19.4 Å². The zero-order valence-corrected chi connectivity index (χ0v) is 12.7. The number of hydrogen-bond donors (Lipinski definition) is 2. The van der Waals surface area contributed by atoms with Crippen molar-refractivity contribution in [2.75, 3.05) is 14.2 Å². The van der Waals surface area contributed by atoms with Crippen LogP contribution in [0.5, 0.6) is 0 Å². The van der Waals surface area contributed by atoms with Crippen molar-refractivity contribution in [3.8, 4) is 0 Å². The first kappa shape index (κ1) is 15.9. The Balaban J connectivity index is 2.72. The van der Waals surface area contributed by atoms with Gasteiger partial charge in [-0.2, -0.15) is 0 Å². The second-order valence-electron chi connectivity index (χ2n) is 5.30. The number of pyridine rings is 1. The van der Waals surface area contributed by atoms with Crippen LogP contribution in [0, 0.1) is 0 Å². The third-order valence-electron chi connectivity index (χ3n) is 3.25. The minimum atomic E-state index is -1.34. The smallest absolute Gasteiger partial charge is 0.417 e. The van der Waals surface area contributed by atoms with Gasteiger partial charge in [0.25, 0.3) is 5.91 Å². The van der Waals surface area contributed by atoms with E-state index in [-0.39, 0.29) is 11.3 Å². The Kier molecular flexibility index (Phi) is 3.90. The molecule has 0 fully saturated rings. The van der Waals surface area contributed by atoms with Crippen molar-refractivity contribution in [2.24, 2.45) is 0 Å². The molecule has 118 valence electrons. The number of nitrogens with zero attached hydrogens (tertiary/aromatic N) is 3. The first-order valence-corrected chi connectivity index (χ1v) is 6.47. The fourth-order valence-electron chi connectivity index (χ4n) is 2.01. The van der Waals surface area contributed by atoms with E-state index >= 15 is 0 Å². The summed E-state index contributed by atoms with van der Waals surface area (Å²) < 4.78 is 0.780. The van der Waals surface area contributed by atoms with E-state index < -0.39 is 17.6 Å². The number of hydroxylamine groups is 2. The Labute approximate surface area is 126 Å². The highest BCUT2D eigenvalue weighted by Crippen LogP contribution is 2.24. The minimum absolute atomic E-state index is 0.0833. The lowest BCUT2D eigenvalue weighted by Crippen LogP contribution is -2.29. The Morgan fingerprint density at radius 1 is 1.36 bits per heavy atom. The molecule has 2 heterocycles. The van der Waals surface area contributed by atoms with Crippen LogP contribution in [0.2, 0.25) is 0 Å². The Morgan fingerprint density at radius 2 is 2.00 bits per heavy atom. The predicted molar refractivity (Wildman–Crippen MR) is 77.5 cm³/mol. The van der Waals surface area contributed by atoms with Crippen LogP contribution in [0.1, 0.15) is 30.0 Å². The summed E-state index contributed by atoms with van der Waals surface area (Å²) in [5.41, 5.74) is -0.929. The zero-order chi connectivity index (χ0) is 16.7. The van der Waals surface area contributed by atoms with Crippen LogP contribution >= 0.6 is 0 Å². The number of hydrogen-bond acceptors (Lipinski definition) is 5. The fourth-order valence-corrected chi connectivity index (χ4v) is 2.01. The number of amides is 1. The molecule has 0 radical (unpaired) electrons. The summed E-state index contributed by atoms with van der Waals surface area (Å²) in [6.45, 7) is 3.08. The lowest BCUT2D eigenvalue weighted by molar-refractivity contribution is -0.0761. The van der Waals surface area contributed by atoms with Gasteiger partial charge in [0.15, 0.2) is 5.65 Å². The molecule has 2 rings (SSSR count). The lowest BCUT2D eigenvalue weighted by atomic mass is 10.0. The second kappa shape index (κ2) is 5.39. The molecule has 2 aromatic rings. The maximum absolute atomic E-state index is 12.2. The molecule has 0 atom stereocenters. The van der Waals surface area contributed by atoms with Crippen LogP contribution in [-0.2, 0) is 10.4 Å². The maximum atomic E-state index is 12.2. The number of aliphatic hydroxyl groups is 1. The van der Waals surface area contributed by atoms with E-state index in [4.69, 9.17) is 4.84 Å². The summed E-state index contributed by atoms with van der Waals surface area (Å²) in [6, 6.07) is 4.62. The van der Waals surface area contributed by atoms with E-state index in [0.29, 0.717) is 11.1 Å². The summed E-state index contributed by atoms with van der Waals surface area (Å²) in [5, 5.41) is 20.8. The van der Waals surface area contributed by atoms with Gasteiger partial charge in [-0.25, -0.2) is 19.4 Å². The van der Waals surface area contributed by atoms with Crippen LogP contribution in [-0.4, -0.2) is 51.0 Å². The molecule has 0 bridgehead atoms. The highest BCUT2D eigenvalue weighted by Gasteiger charge is 2.25. The summed E-state index contributed by atoms with van der Waals surface area (Å²) in [5.74, 6) is -0.618. The van der Waals surface area contributed by atoms with Gasteiger partial charge in [0.05, 0.1) is 12.8 Å². The van der Waals surface area contributed by atoms with Gasteiger partial charge in [-0.15, -0.1) is 0 Å². The molecule has 8 nitrogen and oxygen atoms in total. The second-order valence-corrected chi connectivity index (χ2v) is 5.30. The Morgan fingerprint density at radius 3 is 2.50 bits per heavy atom. The molecule has 8 heteroatoms. The van der Waals surface area contributed by atoms with Crippen LogP contribution in [0.15, 0.2) is 18.2 Å². The van der Waals surface area contributed by atoms with Gasteiger partial charge in [-0.1, -0.05) is 0 Å². The van der Waals surface area contributed by atoms with E-state index in [0.717, 1.165) is 9.63 Å². The molecule has 0 saturated heterocycles. The number of aromatic nitrogens is 2. The van der Waals surface area contributed by atoms with Crippen LogP contribution in [0.25, 0.3) is 11.0 Å². The molecular weight excluding hydrogens is 290 g/mol. The number of rotatable bonds is 3. The average Bonchev–Trinajstić information content (AvgIpc) is 2.82. The summed E-state index contributed by atoms with van der Waals surface area (Å²) in [7, 11) is 2.68. The Bertz CT molecular complexity index is 745. The summed E-state index contributed by atoms with van der Waals surface area (Å²) in [6.07, 6.45) is -1.34. The van der Waals surface area contributed by atoms with E-state index in [1.807, 2.05) is 0 Å². The van der Waals surface area contributed by atoms with Crippen molar-refractivity contribution in [3.63, 3.8) is 0 Å². The van der Waals surface area contributed by atoms with Crippen molar-refractivity contribution < 1.29 is 24.6 Å². The molecule has 22 heavy (non-hydrogen) atoms. The third kappa shape index (κ3) is 2.66. The molecule has 0 aliphatic heterocycles. The topological polar surface area (TPSA) is 105 Å². The lowest BCUT2D eigenvalue weighted by Gasteiger charge is -2.16. The molecule has 1 amide bonds. The first-order chi connectivity index (χ1) is 10.2. The Hall–Kier alpha value is -2.45. The number of carbonyl (C=O) groups excluding carboxylic acids is 1. The molecule has 0 saturated carbocycles. The van der Waals surface area contributed by atoms with Crippen molar-refractivity contribution in [1.29, 1.82) is 0 Å². The highest BCUT2D eigenvalue weighted by atomic mass is 16.7. The molecule has 0 spiro atoms. The quantitative estimate of drug-likeness (QED) is 0.831. The number of fused-ring (bicyclic) bond motifs is 1. The normalized spacial score (nSPS) is 11.7. The van der Waals surface area contributed by atoms with E-state index in [9.17, 15) is 19.8 Å². The standard InChI is InChI=1S/C14H17N3O5/c1-14(2,21)10-6-5-8-7-9(12(18)16(3)22-4)17(13(19)20)11(8)15-10/h5-7,21H,1-4H3,(H,19,20). The average molecular weight is 307 g/mol. The van der Waals surface area contributed by atoms with Crippen LogP contribution in [0.4, 0.5) is 4.79 Å². The van der Waals surface area contributed by atoms with Gasteiger partial charge in [-0.05, 0) is 32.0 Å². The predicted octanol–water partition coefficient (Wildman–Crippen LogP) is 1.42. The molecule has 0 unspecified atom stereocenters. The zero-order valence-electron chi connectivity index (χ0n) is 12.7. The van der Waals surface area contributed by atoms with Crippen molar-refractivity contribution >= 4 is 23.0 Å². The highest BCUT2D eigenvalue weighted by molar-refractivity contribution is 6.02. The summed E-state index contributed by atoms with van der Waals surface area (Å²) in [4.78, 5) is 32.7. The number of carbonyl (C=O) groups is 2. The monoisotopic (exact) mass is 307 g/mol. The van der Waals surface area contributed by atoms with Gasteiger partial charge >= 0.3 is 6.09 Å². The minimum Gasteiger partial charge on any atom is -0.464 e.